The number of nitrogens with two attached hydrogens (primary N) is 1. The molecule has 1 heterocycles. The zero-order chi connectivity index (χ0) is 14.0. The van der Waals surface area contributed by atoms with Crippen LogP contribution in [0.25, 0.3) is 11.1 Å². The van der Waals surface area contributed by atoms with Crippen LogP contribution in [0.4, 0.5) is 0 Å². The fourth-order valence-electron chi connectivity index (χ4n) is 1.93. The smallest absolute Gasteiger partial charge is 0.0696 e. The van der Waals surface area contributed by atoms with Crippen molar-refractivity contribution in [3.05, 3.63) is 47.8 Å². The van der Waals surface area contributed by atoms with Crippen molar-refractivity contribution in [1.29, 1.82) is 4.78 Å². The molecule has 3 N–H and O–H groups in total. The van der Waals surface area contributed by atoms with Gasteiger partial charge in [0.05, 0.1) is 15.4 Å². The van der Waals surface area contributed by atoms with Gasteiger partial charge < -0.3 is 5.73 Å². The van der Waals surface area contributed by atoms with Gasteiger partial charge in [0.1, 0.15) is 0 Å². The van der Waals surface area contributed by atoms with Crippen molar-refractivity contribution in [2.75, 3.05) is 6.26 Å². The van der Waals surface area contributed by atoms with Crippen LogP contribution in [0.2, 0.25) is 0 Å². The van der Waals surface area contributed by atoms with Gasteiger partial charge >= 0.3 is 0 Å². The number of nitrogens with zero attached hydrogens (tertiary/aromatic N) is 1. The molecule has 0 fully saturated rings. The molecule has 100 valence electrons. The topological polar surface area (TPSA) is 79.8 Å². The van der Waals surface area contributed by atoms with Gasteiger partial charge in [0, 0.05) is 29.0 Å². The van der Waals surface area contributed by atoms with Crippen molar-refractivity contribution in [3.63, 3.8) is 0 Å². The van der Waals surface area contributed by atoms with Crippen molar-refractivity contribution in [2.45, 2.75) is 18.4 Å². The molecule has 1 aromatic heterocycles. The van der Waals surface area contributed by atoms with Gasteiger partial charge in [0.2, 0.25) is 0 Å². The highest BCUT2D eigenvalue weighted by Gasteiger charge is 2.06. The average Bonchev–Trinajstić information content (AvgIpc) is 2.37. The van der Waals surface area contributed by atoms with Crippen molar-refractivity contribution in [2.24, 2.45) is 5.73 Å². The molecule has 0 spiro atoms. The van der Waals surface area contributed by atoms with Crippen molar-refractivity contribution >= 4 is 9.73 Å². The highest BCUT2D eigenvalue weighted by Crippen LogP contribution is 2.24. The minimum atomic E-state index is -2.65. The Morgan fingerprint density at radius 2 is 1.84 bits per heavy atom. The van der Waals surface area contributed by atoms with E-state index in [0.29, 0.717) is 11.4 Å². The number of aromatic nitrogens is 1. The first kappa shape index (κ1) is 13.7. The first-order valence-electron chi connectivity index (χ1n) is 5.92. The SMILES string of the molecule is Cc1nc(CN)ccc1-c1ccc(S(C)(=N)=O)cc1. The molecule has 0 amide bonds. The third-order valence-corrected chi connectivity index (χ3v) is 4.14. The summed E-state index contributed by atoms with van der Waals surface area (Å²) in [4.78, 5) is 4.96. The largest absolute Gasteiger partial charge is 0.325 e. The van der Waals surface area contributed by atoms with Gasteiger partial charge in [-0.25, -0.2) is 8.99 Å². The number of nitrogens with one attached hydrogen (secondary N) is 1. The van der Waals surface area contributed by atoms with Gasteiger partial charge in [-0.3, -0.25) is 4.98 Å². The summed E-state index contributed by atoms with van der Waals surface area (Å²) >= 11 is 0. The Hall–Kier alpha value is -1.72. The summed E-state index contributed by atoms with van der Waals surface area (Å²) < 4.78 is 19.2. The molecule has 0 radical (unpaired) electrons. The fourth-order valence-corrected chi connectivity index (χ4v) is 2.58. The molecule has 5 heteroatoms. The Labute approximate surface area is 113 Å². The minimum absolute atomic E-state index is 0.427. The zero-order valence-corrected chi connectivity index (χ0v) is 11.8. The molecular formula is C14H17N3OS. The number of hydrogen-bond donors (Lipinski definition) is 2. The summed E-state index contributed by atoms with van der Waals surface area (Å²) in [5.74, 6) is 0. The molecule has 4 nitrogen and oxygen atoms in total. The molecule has 0 saturated heterocycles. The first-order chi connectivity index (χ1) is 8.91. The van der Waals surface area contributed by atoms with E-state index in [9.17, 15) is 4.21 Å². The monoisotopic (exact) mass is 275 g/mol. The van der Waals surface area contributed by atoms with Crippen LogP contribution in [-0.2, 0) is 16.3 Å². The number of benzene rings is 1. The summed E-state index contributed by atoms with van der Waals surface area (Å²) in [7, 11) is -2.65. The molecule has 0 aliphatic heterocycles. The van der Waals surface area contributed by atoms with Gasteiger partial charge in [-0.2, -0.15) is 0 Å². The van der Waals surface area contributed by atoms with E-state index in [1.165, 1.54) is 6.26 Å². The molecule has 0 bridgehead atoms. The second-order valence-corrected chi connectivity index (χ2v) is 6.67. The summed E-state index contributed by atoms with van der Waals surface area (Å²) in [6.45, 7) is 2.37. The van der Waals surface area contributed by atoms with E-state index in [1.54, 1.807) is 12.1 Å². The standard InChI is InChI=1S/C14H17N3OS/c1-10-14(8-5-12(9-15)17-10)11-3-6-13(7-4-11)19(2,16)18/h3-8,16H,9,15H2,1-2H3. The lowest BCUT2D eigenvalue weighted by Gasteiger charge is -2.08. The maximum Gasteiger partial charge on any atom is 0.0696 e. The second kappa shape index (κ2) is 5.11. The van der Waals surface area contributed by atoms with E-state index < -0.39 is 9.73 Å². The maximum atomic E-state index is 11.6. The van der Waals surface area contributed by atoms with Crippen LogP contribution in [0.5, 0.6) is 0 Å². The molecule has 19 heavy (non-hydrogen) atoms. The minimum Gasteiger partial charge on any atom is -0.325 e. The van der Waals surface area contributed by atoms with Crippen LogP contribution in [0.15, 0.2) is 41.3 Å². The summed E-state index contributed by atoms with van der Waals surface area (Å²) in [5.41, 5.74) is 9.36. The van der Waals surface area contributed by atoms with Gasteiger partial charge in [0.15, 0.2) is 0 Å². The van der Waals surface area contributed by atoms with E-state index in [1.807, 2.05) is 31.2 Å². The lowest BCUT2D eigenvalue weighted by Crippen LogP contribution is -2.01. The highest BCUT2D eigenvalue weighted by atomic mass is 32.2. The van der Waals surface area contributed by atoms with Crippen molar-refractivity contribution < 1.29 is 4.21 Å². The zero-order valence-electron chi connectivity index (χ0n) is 11.0. The van der Waals surface area contributed by atoms with E-state index in [0.717, 1.165) is 22.5 Å². The number of rotatable bonds is 3. The van der Waals surface area contributed by atoms with Gasteiger partial charge in [0.25, 0.3) is 0 Å². The van der Waals surface area contributed by atoms with Gasteiger partial charge in [-0.15, -0.1) is 0 Å². The van der Waals surface area contributed by atoms with Crippen molar-refractivity contribution in [3.8, 4) is 11.1 Å². The van der Waals surface area contributed by atoms with E-state index >= 15 is 0 Å². The molecule has 1 atom stereocenters. The van der Waals surface area contributed by atoms with Crippen LogP contribution in [-0.4, -0.2) is 15.4 Å². The first-order valence-corrected chi connectivity index (χ1v) is 7.89. The Bertz CT molecular complexity index is 691. The summed E-state index contributed by atoms with van der Waals surface area (Å²) in [6, 6.07) is 11.1. The van der Waals surface area contributed by atoms with Crippen LogP contribution in [0.1, 0.15) is 11.4 Å². The van der Waals surface area contributed by atoms with E-state index in [-0.39, 0.29) is 0 Å². The third kappa shape index (κ3) is 3.00. The van der Waals surface area contributed by atoms with Crippen LogP contribution < -0.4 is 5.73 Å². The lowest BCUT2D eigenvalue weighted by atomic mass is 10.0. The Balaban J connectivity index is 2.43. The van der Waals surface area contributed by atoms with Crippen LogP contribution in [0, 0.1) is 11.7 Å². The Morgan fingerprint density at radius 1 is 1.21 bits per heavy atom. The molecule has 2 rings (SSSR count). The number of pyridine rings is 1. The van der Waals surface area contributed by atoms with E-state index in [4.69, 9.17) is 10.5 Å². The lowest BCUT2D eigenvalue weighted by molar-refractivity contribution is 0.679. The Kier molecular flexibility index (Phi) is 3.68. The molecule has 1 unspecified atom stereocenters. The average molecular weight is 275 g/mol. The maximum absolute atomic E-state index is 11.6. The van der Waals surface area contributed by atoms with Gasteiger partial charge in [-0.05, 0) is 30.7 Å². The molecule has 0 aliphatic rings. The normalized spacial score (nSPS) is 14.1. The molecule has 0 aliphatic carbocycles. The number of aryl methyl sites for hydroxylation is 1. The summed E-state index contributed by atoms with van der Waals surface area (Å²) in [5, 5.41) is 0. The molecule has 0 saturated carbocycles. The van der Waals surface area contributed by atoms with E-state index in [2.05, 4.69) is 4.98 Å². The second-order valence-electron chi connectivity index (χ2n) is 4.51. The molecule has 2 aromatic rings. The quantitative estimate of drug-likeness (QED) is 0.903. The molecular weight excluding hydrogens is 258 g/mol. The predicted octanol–water partition coefficient (Wildman–Crippen LogP) is 2.55. The fraction of sp³-hybridized carbons (Fsp3) is 0.214. The molecule has 1 aromatic carbocycles. The van der Waals surface area contributed by atoms with Crippen molar-refractivity contribution in [1.82, 2.24) is 4.98 Å². The van der Waals surface area contributed by atoms with Gasteiger partial charge in [-0.1, -0.05) is 18.2 Å². The summed E-state index contributed by atoms with van der Waals surface area (Å²) in [6.07, 6.45) is 1.42. The number of hydrogen-bond acceptors (Lipinski definition) is 4. The highest BCUT2D eigenvalue weighted by molar-refractivity contribution is 7.91. The Morgan fingerprint density at radius 3 is 2.32 bits per heavy atom. The van der Waals surface area contributed by atoms with Crippen LogP contribution >= 0.6 is 0 Å². The third-order valence-electron chi connectivity index (χ3n) is 2.97. The van der Waals surface area contributed by atoms with Crippen LogP contribution in [0.3, 0.4) is 0 Å². The predicted molar refractivity (Wildman–Crippen MR) is 77.4 cm³/mol.